The van der Waals surface area contributed by atoms with Crippen molar-refractivity contribution in [3.63, 3.8) is 0 Å². The van der Waals surface area contributed by atoms with Crippen molar-refractivity contribution in [1.82, 2.24) is 4.90 Å². The lowest BCUT2D eigenvalue weighted by atomic mass is 9.85. The molecule has 0 aliphatic carbocycles. The maximum atomic E-state index is 13.1. The van der Waals surface area contributed by atoms with E-state index in [0.717, 1.165) is 29.8 Å². The summed E-state index contributed by atoms with van der Waals surface area (Å²) in [5.74, 6) is -0.0530. The number of benzene rings is 2. The quantitative estimate of drug-likeness (QED) is 0.737. The lowest BCUT2D eigenvalue weighted by Crippen LogP contribution is -2.31. The molecular weight excluding hydrogens is 296 g/mol. The minimum absolute atomic E-state index is 0.167. The van der Waals surface area contributed by atoms with Crippen molar-refractivity contribution in [2.45, 2.75) is 12.5 Å². The van der Waals surface area contributed by atoms with Crippen molar-refractivity contribution in [2.24, 2.45) is 0 Å². The van der Waals surface area contributed by atoms with E-state index in [-0.39, 0.29) is 11.7 Å². The van der Waals surface area contributed by atoms with Gasteiger partial charge in [0.15, 0.2) is 0 Å². The Bertz CT molecular complexity index is 640. The Kier molecular flexibility index (Phi) is 3.72. The summed E-state index contributed by atoms with van der Waals surface area (Å²) in [4.78, 5) is 2.22. The van der Waals surface area contributed by atoms with Crippen LogP contribution in [0.3, 0.4) is 0 Å². The SMILES string of the molecule is CN1Cc2c(Cl)cc(Cl)cc2C(c2ccc(F)cc2)C1. The highest BCUT2D eigenvalue weighted by atomic mass is 35.5. The van der Waals surface area contributed by atoms with Crippen LogP contribution < -0.4 is 0 Å². The summed E-state index contributed by atoms with van der Waals surface area (Å²) >= 11 is 12.5. The fourth-order valence-electron chi connectivity index (χ4n) is 2.83. The molecule has 0 N–H and O–H groups in total. The predicted octanol–water partition coefficient (Wildman–Crippen LogP) is 4.71. The minimum Gasteiger partial charge on any atom is -0.301 e. The van der Waals surface area contributed by atoms with Crippen molar-refractivity contribution < 1.29 is 4.39 Å². The van der Waals surface area contributed by atoms with Crippen LogP contribution in [0, 0.1) is 5.82 Å². The normalized spacial score (nSPS) is 18.9. The van der Waals surface area contributed by atoms with Crippen LogP contribution in [0.5, 0.6) is 0 Å². The Hall–Kier alpha value is -1.09. The van der Waals surface area contributed by atoms with Crippen LogP contribution in [0.15, 0.2) is 36.4 Å². The van der Waals surface area contributed by atoms with Crippen LogP contribution in [0.1, 0.15) is 22.6 Å². The van der Waals surface area contributed by atoms with Gasteiger partial charge >= 0.3 is 0 Å². The fraction of sp³-hybridized carbons (Fsp3) is 0.250. The van der Waals surface area contributed by atoms with Gasteiger partial charge in [-0.15, -0.1) is 0 Å². The van der Waals surface area contributed by atoms with Gasteiger partial charge in [-0.3, -0.25) is 0 Å². The smallest absolute Gasteiger partial charge is 0.123 e. The van der Waals surface area contributed by atoms with E-state index in [4.69, 9.17) is 23.2 Å². The second kappa shape index (κ2) is 5.36. The van der Waals surface area contributed by atoms with E-state index in [1.54, 1.807) is 6.07 Å². The van der Waals surface area contributed by atoms with Crippen molar-refractivity contribution in [3.8, 4) is 0 Å². The molecule has 0 amide bonds. The summed E-state index contributed by atoms with van der Waals surface area (Å²) in [7, 11) is 2.06. The standard InChI is InChI=1S/C16H14Cl2FN/c1-20-8-14(10-2-4-12(19)5-3-10)13-6-11(17)7-16(18)15(13)9-20/h2-7,14H,8-9H2,1H3. The van der Waals surface area contributed by atoms with Gasteiger partial charge < -0.3 is 4.90 Å². The van der Waals surface area contributed by atoms with E-state index in [9.17, 15) is 4.39 Å². The molecule has 0 fully saturated rings. The molecule has 0 aromatic heterocycles. The predicted molar refractivity (Wildman–Crippen MR) is 81.0 cm³/mol. The highest BCUT2D eigenvalue weighted by Gasteiger charge is 2.26. The van der Waals surface area contributed by atoms with Crippen molar-refractivity contribution in [2.75, 3.05) is 13.6 Å². The second-order valence-corrected chi connectivity index (χ2v) is 6.10. The van der Waals surface area contributed by atoms with Crippen LogP contribution in [0.2, 0.25) is 10.0 Å². The molecule has 4 heteroatoms. The van der Waals surface area contributed by atoms with Crippen LogP contribution in [-0.4, -0.2) is 18.5 Å². The molecule has 104 valence electrons. The molecule has 1 aliphatic heterocycles. The summed E-state index contributed by atoms with van der Waals surface area (Å²) in [6.45, 7) is 1.68. The summed E-state index contributed by atoms with van der Waals surface area (Å²) in [6, 6.07) is 10.4. The summed E-state index contributed by atoms with van der Waals surface area (Å²) in [5, 5.41) is 1.34. The number of hydrogen-bond acceptors (Lipinski definition) is 1. The van der Waals surface area contributed by atoms with Gasteiger partial charge in [0.05, 0.1) is 0 Å². The Labute approximate surface area is 127 Å². The third-order valence-corrected chi connectivity index (χ3v) is 4.32. The first kappa shape index (κ1) is 13.9. The molecule has 20 heavy (non-hydrogen) atoms. The Balaban J connectivity index is 2.12. The van der Waals surface area contributed by atoms with E-state index in [1.807, 2.05) is 18.2 Å². The molecular formula is C16H14Cl2FN. The lowest BCUT2D eigenvalue weighted by Gasteiger charge is -2.33. The zero-order chi connectivity index (χ0) is 14.3. The van der Waals surface area contributed by atoms with E-state index in [0.29, 0.717) is 10.0 Å². The average molecular weight is 310 g/mol. The highest BCUT2D eigenvalue weighted by Crippen LogP contribution is 2.38. The van der Waals surface area contributed by atoms with Gasteiger partial charge in [0.1, 0.15) is 5.82 Å². The zero-order valence-electron chi connectivity index (χ0n) is 11.0. The molecule has 2 aromatic carbocycles. The summed E-state index contributed by atoms with van der Waals surface area (Å²) in [6.07, 6.45) is 0. The molecule has 1 atom stereocenters. The first-order valence-corrected chi connectivity index (χ1v) is 7.22. The van der Waals surface area contributed by atoms with Gasteiger partial charge in [0, 0.05) is 29.1 Å². The number of halogens is 3. The molecule has 0 saturated carbocycles. The zero-order valence-corrected chi connectivity index (χ0v) is 12.5. The Morgan fingerprint density at radius 3 is 2.55 bits per heavy atom. The number of likely N-dealkylation sites (N-methyl/N-ethyl adjacent to an activating group) is 1. The van der Waals surface area contributed by atoms with Crippen LogP contribution >= 0.6 is 23.2 Å². The van der Waals surface area contributed by atoms with Crippen molar-refractivity contribution >= 4 is 23.2 Å². The van der Waals surface area contributed by atoms with Crippen LogP contribution in [0.25, 0.3) is 0 Å². The molecule has 0 bridgehead atoms. The maximum absolute atomic E-state index is 13.1. The Morgan fingerprint density at radius 1 is 1.15 bits per heavy atom. The minimum atomic E-state index is -0.220. The Morgan fingerprint density at radius 2 is 1.85 bits per heavy atom. The lowest BCUT2D eigenvalue weighted by molar-refractivity contribution is 0.295. The first-order chi connectivity index (χ1) is 9.54. The molecule has 0 saturated heterocycles. The van der Waals surface area contributed by atoms with E-state index >= 15 is 0 Å². The van der Waals surface area contributed by atoms with Gasteiger partial charge in [0.2, 0.25) is 0 Å². The molecule has 0 spiro atoms. The monoisotopic (exact) mass is 309 g/mol. The van der Waals surface area contributed by atoms with Crippen molar-refractivity contribution in [3.05, 3.63) is 69.0 Å². The molecule has 2 aromatic rings. The molecule has 1 nitrogen and oxygen atoms in total. The van der Waals surface area contributed by atoms with E-state index in [1.165, 1.54) is 12.1 Å². The highest BCUT2D eigenvalue weighted by molar-refractivity contribution is 6.35. The second-order valence-electron chi connectivity index (χ2n) is 5.26. The number of fused-ring (bicyclic) bond motifs is 1. The third-order valence-electron chi connectivity index (χ3n) is 3.76. The average Bonchev–Trinajstić information content (AvgIpc) is 2.40. The largest absolute Gasteiger partial charge is 0.301 e. The molecule has 1 aliphatic rings. The molecule has 3 rings (SSSR count). The summed E-state index contributed by atoms with van der Waals surface area (Å²) in [5.41, 5.74) is 3.34. The first-order valence-electron chi connectivity index (χ1n) is 6.46. The molecule has 1 heterocycles. The van der Waals surface area contributed by atoms with Gasteiger partial charge in [-0.25, -0.2) is 4.39 Å². The van der Waals surface area contributed by atoms with Gasteiger partial charge in [-0.05, 0) is 48.0 Å². The third kappa shape index (κ3) is 2.56. The molecule has 0 radical (unpaired) electrons. The van der Waals surface area contributed by atoms with Crippen LogP contribution in [0.4, 0.5) is 4.39 Å². The number of nitrogens with zero attached hydrogens (tertiary/aromatic N) is 1. The summed E-state index contributed by atoms with van der Waals surface area (Å²) < 4.78 is 13.1. The number of rotatable bonds is 1. The van der Waals surface area contributed by atoms with Gasteiger partial charge in [0.25, 0.3) is 0 Å². The van der Waals surface area contributed by atoms with Gasteiger partial charge in [-0.1, -0.05) is 35.3 Å². The molecule has 1 unspecified atom stereocenters. The van der Waals surface area contributed by atoms with Crippen LogP contribution in [-0.2, 0) is 6.54 Å². The van der Waals surface area contributed by atoms with E-state index in [2.05, 4.69) is 11.9 Å². The van der Waals surface area contributed by atoms with E-state index < -0.39 is 0 Å². The topological polar surface area (TPSA) is 3.24 Å². The van der Waals surface area contributed by atoms with Gasteiger partial charge in [-0.2, -0.15) is 0 Å². The maximum Gasteiger partial charge on any atom is 0.123 e. The fourth-order valence-corrected chi connectivity index (χ4v) is 3.39. The van der Waals surface area contributed by atoms with Crippen molar-refractivity contribution in [1.29, 1.82) is 0 Å². The number of hydrogen-bond donors (Lipinski definition) is 0.